The van der Waals surface area contributed by atoms with E-state index in [1.54, 1.807) is 6.20 Å². The van der Waals surface area contributed by atoms with Crippen LogP contribution in [0.4, 0.5) is 0 Å². The molecule has 0 aliphatic heterocycles. The normalized spacial score (nSPS) is 10.3. The number of para-hydroxylation sites is 1. The average Bonchev–Trinajstić information content (AvgIpc) is 2.64. The summed E-state index contributed by atoms with van der Waals surface area (Å²) < 4.78 is 5.73. The van der Waals surface area contributed by atoms with E-state index in [-0.39, 0.29) is 5.78 Å². The Morgan fingerprint density at radius 3 is 2.33 bits per heavy atom. The number of ether oxygens (including phenoxy) is 1. The molecule has 0 N–H and O–H groups in total. The zero-order valence-corrected chi connectivity index (χ0v) is 13.4. The van der Waals surface area contributed by atoms with Crippen molar-refractivity contribution in [3.8, 4) is 11.5 Å². The molecule has 2 aromatic carbocycles. The molecular weight excluding hydrogens is 298 g/mol. The molecule has 1 heterocycles. The molecule has 0 fully saturated rings. The number of Topliss-reactive ketones (excluding diaryl/α,β-unsaturated/α-hetero) is 1. The minimum atomic E-state index is 0.158. The van der Waals surface area contributed by atoms with Crippen LogP contribution in [0.2, 0.25) is 0 Å². The molecule has 3 heteroatoms. The lowest BCUT2D eigenvalue weighted by atomic mass is 10.0. The molecule has 0 amide bonds. The fraction of sp³-hybridized carbons (Fsp3) is 0.143. The van der Waals surface area contributed by atoms with Crippen LogP contribution in [-0.4, -0.2) is 10.8 Å². The zero-order valence-electron chi connectivity index (χ0n) is 13.4. The van der Waals surface area contributed by atoms with Crippen LogP contribution in [0.15, 0.2) is 79.1 Å². The average molecular weight is 317 g/mol. The number of aryl methyl sites for hydroxylation is 1. The summed E-state index contributed by atoms with van der Waals surface area (Å²) in [6, 6.07) is 20.9. The van der Waals surface area contributed by atoms with E-state index in [1.807, 2.05) is 72.9 Å². The van der Waals surface area contributed by atoms with Gasteiger partial charge in [0.2, 0.25) is 0 Å². The SMILES string of the molecule is O=C(CCCc1cccnc1)c1ccc(Oc2ccccc2)cc1. The molecule has 3 aromatic rings. The number of carbonyl (C=O) groups is 1. The van der Waals surface area contributed by atoms with Crippen molar-refractivity contribution in [2.45, 2.75) is 19.3 Å². The van der Waals surface area contributed by atoms with Crippen molar-refractivity contribution in [2.75, 3.05) is 0 Å². The van der Waals surface area contributed by atoms with E-state index < -0.39 is 0 Å². The minimum absolute atomic E-state index is 0.158. The fourth-order valence-corrected chi connectivity index (χ4v) is 2.48. The maximum absolute atomic E-state index is 12.2. The van der Waals surface area contributed by atoms with Gasteiger partial charge >= 0.3 is 0 Å². The third-order valence-corrected chi connectivity index (χ3v) is 3.75. The maximum atomic E-state index is 12.2. The van der Waals surface area contributed by atoms with Gasteiger partial charge < -0.3 is 4.74 Å². The van der Waals surface area contributed by atoms with Crippen LogP contribution in [0, 0.1) is 0 Å². The van der Waals surface area contributed by atoms with Crippen LogP contribution >= 0.6 is 0 Å². The standard InChI is InChI=1S/C21H19NO2/c23-21(10-4-6-17-7-5-15-22-16-17)18-11-13-20(14-12-18)24-19-8-2-1-3-9-19/h1-3,5,7-9,11-16H,4,6,10H2. The van der Waals surface area contributed by atoms with Crippen LogP contribution in [0.1, 0.15) is 28.8 Å². The Hall–Kier alpha value is -2.94. The van der Waals surface area contributed by atoms with Crippen molar-refractivity contribution < 1.29 is 9.53 Å². The maximum Gasteiger partial charge on any atom is 0.162 e. The Morgan fingerprint density at radius 2 is 1.62 bits per heavy atom. The quantitative estimate of drug-likeness (QED) is 0.570. The zero-order chi connectivity index (χ0) is 16.6. The lowest BCUT2D eigenvalue weighted by molar-refractivity contribution is 0.0980. The number of pyridine rings is 1. The van der Waals surface area contributed by atoms with E-state index >= 15 is 0 Å². The molecule has 0 radical (unpaired) electrons. The number of nitrogens with zero attached hydrogens (tertiary/aromatic N) is 1. The summed E-state index contributed by atoms with van der Waals surface area (Å²) in [5, 5.41) is 0. The first-order valence-electron chi connectivity index (χ1n) is 8.06. The molecular formula is C21H19NO2. The molecule has 0 atom stereocenters. The number of benzene rings is 2. The number of ketones is 1. The Labute approximate surface area is 142 Å². The highest BCUT2D eigenvalue weighted by Crippen LogP contribution is 2.21. The van der Waals surface area contributed by atoms with Crippen LogP contribution in [0.3, 0.4) is 0 Å². The summed E-state index contributed by atoms with van der Waals surface area (Å²) in [4.78, 5) is 16.3. The Kier molecular flexibility index (Phi) is 5.36. The van der Waals surface area contributed by atoms with Gasteiger partial charge in [0.25, 0.3) is 0 Å². The Balaban J connectivity index is 1.52. The van der Waals surface area contributed by atoms with Crippen LogP contribution in [0.5, 0.6) is 11.5 Å². The first-order valence-corrected chi connectivity index (χ1v) is 8.06. The highest BCUT2D eigenvalue weighted by atomic mass is 16.5. The fourth-order valence-electron chi connectivity index (χ4n) is 2.48. The molecule has 24 heavy (non-hydrogen) atoms. The van der Waals surface area contributed by atoms with Crippen molar-refractivity contribution >= 4 is 5.78 Å². The van der Waals surface area contributed by atoms with Gasteiger partial charge in [-0.05, 0) is 60.9 Å². The van der Waals surface area contributed by atoms with Crippen molar-refractivity contribution in [3.05, 3.63) is 90.3 Å². The van der Waals surface area contributed by atoms with Gasteiger partial charge in [0.1, 0.15) is 11.5 Å². The summed E-state index contributed by atoms with van der Waals surface area (Å²) in [6.07, 6.45) is 5.84. The molecule has 0 unspecified atom stereocenters. The van der Waals surface area contributed by atoms with Crippen molar-refractivity contribution in [2.24, 2.45) is 0 Å². The number of rotatable bonds is 7. The summed E-state index contributed by atoms with van der Waals surface area (Å²) in [6.45, 7) is 0. The molecule has 0 spiro atoms. The molecule has 3 rings (SSSR count). The van der Waals surface area contributed by atoms with E-state index in [4.69, 9.17) is 4.74 Å². The van der Waals surface area contributed by atoms with Crippen LogP contribution in [0.25, 0.3) is 0 Å². The van der Waals surface area contributed by atoms with E-state index in [1.165, 1.54) is 0 Å². The van der Waals surface area contributed by atoms with E-state index in [9.17, 15) is 4.79 Å². The first kappa shape index (κ1) is 15.9. The third kappa shape index (κ3) is 4.53. The van der Waals surface area contributed by atoms with Crippen LogP contribution < -0.4 is 4.74 Å². The predicted molar refractivity (Wildman–Crippen MR) is 94.5 cm³/mol. The van der Waals surface area contributed by atoms with E-state index in [0.29, 0.717) is 6.42 Å². The van der Waals surface area contributed by atoms with Gasteiger partial charge in [0.05, 0.1) is 0 Å². The number of aromatic nitrogens is 1. The van der Waals surface area contributed by atoms with E-state index in [2.05, 4.69) is 4.98 Å². The van der Waals surface area contributed by atoms with Crippen LogP contribution in [-0.2, 0) is 6.42 Å². The smallest absolute Gasteiger partial charge is 0.162 e. The molecule has 0 aliphatic carbocycles. The lowest BCUT2D eigenvalue weighted by Gasteiger charge is -2.06. The topological polar surface area (TPSA) is 39.2 Å². The second-order valence-electron chi connectivity index (χ2n) is 5.58. The number of hydrogen-bond donors (Lipinski definition) is 0. The molecule has 0 saturated heterocycles. The second-order valence-corrected chi connectivity index (χ2v) is 5.58. The molecule has 0 saturated carbocycles. The van der Waals surface area contributed by atoms with Crippen molar-refractivity contribution in [3.63, 3.8) is 0 Å². The lowest BCUT2D eigenvalue weighted by Crippen LogP contribution is -2.00. The first-order chi connectivity index (χ1) is 11.8. The second kappa shape index (κ2) is 8.06. The van der Waals surface area contributed by atoms with Gasteiger partial charge in [0.15, 0.2) is 5.78 Å². The number of carbonyl (C=O) groups excluding carboxylic acids is 1. The van der Waals surface area contributed by atoms with Gasteiger partial charge in [0, 0.05) is 24.4 Å². The van der Waals surface area contributed by atoms with Gasteiger partial charge in [-0.2, -0.15) is 0 Å². The monoisotopic (exact) mass is 317 g/mol. The van der Waals surface area contributed by atoms with Gasteiger partial charge in [-0.1, -0.05) is 24.3 Å². The largest absolute Gasteiger partial charge is 0.457 e. The van der Waals surface area contributed by atoms with Gasteiger partial charge in [-0.3, -0.25) is 9.78 Å². The number of hydrogen-bond acceptors (Lipinski definition) is 3. The van der Waals surface area contributed by atoms with Crippen molar-refractivity contribution in [1.29, 1.82) is 0 Å². The molecule has 3 nitrogen and oxygen atoms in total. The van der Waals surface area contributed by atoms with Gasteiger partial charge in [-0.15, -0.1) is 0 Å². The summed E-state index contributed by atoms with van der Waals surface area (Å²) in [7, 11) is 0. The molecule has 0 bridgehead atoms. The van der Waals surface area contributed by atoms with Gasteiger partial charge in [-0.25, -0.2) is 0 Å². The molecule has 1 aromatic heterocycles. The Morgan fingerprint density at radius 1 is 0.875 bits per heavy atom. The summed E-state index contributed by atoms with van der Waals surface area (Å²) in [5.74, 6) is 1.67. The van der Waals surface area contributed by atoms with E-state index in [0.717, 1.165) is 35.5 Å². The highest BCUT2D eigenvalue weighted by Gasteiger charge is 2.06. The Bertz CT molecular complexity index is 768. The highest BCUT2D eigenvalue weighted by molar-refractivity contribution is 5.96. The third-order valence-electron chi connectivity index (χ3n) is 3.75. The van der Waals surface area contributed by atoms with Crippen molar-refractivity contribution in [1.82, 2.24) is 4.98 Å². The summed E-state index contributed by atoms with van der Waals surface area (Å²) >= 11 is 0. The predicted octanol–water partition coefficient (Wildman–Crippen LogP) is 5.08. The summed E-state index contributed by atoms with van der Waals surface area (Å²) in [5.41, 5.74) is 1.89. The molecule has 120 valence electrons. The minimum Gasteiger partial charge on any atom is -0.457 e. The molecule has 0 aliphatic rings.